The number of aliphatic hydroxyl groups excluding tert-OH is 1. The first-order valence-electron chi connectivity index (χ1n) is 10.5. The normalized spacial score (nSPS) is 16.2. The predicted octanol–water partition coefficient (Wildman–Crippen LogP) is 3.08. The molecule has 9 nitrogen and oxygen atoms in total. The molecule has 0 amide bonds. The molecule has 0 atom stereocenters. The first-order valence-corrected chi connectivity index (χ1v) is 10.5. The summed E-state index contributed by atoms with van der Waals surface area (Å²) in [6, 6.07) is 6.29. The van der Waals surface area contributed by atoms with Crippen LogP contribution >= 0.6 is 0 Å². The average Bonchev–Trinajstić information content (AvgIpc) is 3.43. The Labute approximate surface area is 174 Å². The summed E-state index contributed by atoms with van der Waals surface area (Å²) in [5.41, 5.74) is 2.61. The van der Waals surface area contributed by atoms with Crippen molar-refractivity contribution in [2.75, 3.05) is 30.6 Å². The molecule has 158 valence electrons. The first kappa shape index (κ1) is 18.9. The van der Waals surface area contributed by atoms with Crippen molar-refractivity contribution in [1.82, 2.24) is 19.5 Å². The minimum atomic E-state index is 0.0226. The fourth-order valence-corrected chi connectivity index (χ4v) is 4.15. The van der Waals surface area contributed by atoms with Crippen LogP contribution in [0.1, 0.15) is 43.7 Å². The number of benzene rings is 1. The lowest BCUT2D eigenvalue weighted by Gasteiger charge is -2.23. The zero-order valence-electron chi connectivity index (χ0n) is 16.8. The van der Waals surface area contributed by atoms with E-state index in [4.69, 9.17) is 14.5 Å². The van der Waals surface area contributed by atoms with Crippen LogP contribution in [0.5, 0.6) is 11.5 Å². The molecule has 1 fully saturated rings. The summed E-state index contributed by atoms with van der Waals surface area (Å²) in [5, 5.41) is 15.7. The molecular formula is C21H26N6O3. The molecule has 30 heavy (non-hydrogen) atoms. The third-order valence-corrected chi connectivity index (χ3v) is 5.68. The standard InChI is InChI=1S/C21H26N6O3/c28-9-8-22-19-18-20(27(12-24-18)15-4-2-1-3-5-15)26-21(25-19)23-11-14-6-7-16-17(10-14)30-13-29-16/h6-7,10,12,15,28H,1-5,8-9,11,13H2,(H2,22,23,25,26). The zero-order valence-corrected chi connectivity index (χ0v) is 16.8. The van der Waals surface area contributed by atoms with E-state index in [1.807, 2.05) is 24.5 Å². The van der Waals surface area contributed by atoms with Gasteiger partial charge in [0, 0.05) is 19.1 Å². The van der Waals surface area contributed by atoms with Gasteiger partial charge in [-0.25, -0.2) is 4.98 Å². The first-order chi connectivity index (χ1) is 14.8. The van der Waals surface area contributed by atoms with Crippen molar-refractivity contribution in [1.29, 1.82) is 0 Å². The van der Waals surface area contributed by atoms with Gasteiger partial charge in [-0.15, -0.1) is 0 Å². The molecule has 1 aromatic carbocycles. The lowest BCUT2D eigenvalue weighted by atomic mass is 9.95. The zero-order chi connectivity index (χ0) is 20.3. The van der Waals surface area contributed by atoms with E-state index < -0.39 is 0 Å². The Morgan fingerprint density at radius 1 is 1.07 bits per heavy atom. The van der Waals surface area contributed by atoms with Crippen molar-refractivity contribution in [3.63, 3.8) is 0 Å². The second-order valence-electron chi connectivity index (χ2n) is 7.70. The Hall–Kier alpha value is -3.07. The minimum absolute atomic E-state index is 0.0226. The molecule has 1 aliphatic carbocycles. The molecule has 2 aromatic heterocycles. The number of fused-ring (bicyclic) bond motifs is 2. The van der Waals surface area contributed by atoms with Crippen molar-refractivity contribution >= 4 is 22.9 Å². The van der Waals surface area contributed by atoms with Gasteiger partial charge in [-0.2, -0.15) is 9.97 Å². The molecule has 5 rings (SSSR count). The van der Waals surface area contributed by atoms with E-state index in [1.165, 1.54) is 19.3 Å². The van der Waals surface area contributed by atoms with Gasteiger partial charge >= 0.3 is 0 Å². The van der Waals surface area contributed by atoms with Crippen molar-refractivity contribution in [2.45, 2.75) is 44.7 Å². The second-order valence-corrected chi connectivity index (χ2v) is 7.70. The molecule has 3 N–H and O–H groups in total. The minimum Gasteiger partial charge on any atom is -0.454 e. The number of aliphatic hydroxyl groups is 1. The predicted molar refractivity (Wildman–Crippen MR) is 113 cm³/mol. The average molecular weight is 410 g/mol. The molecule has 9 heteroatoms. The number of nitrogens with one attached hydrogen (secondary N) is 2. The van der Waals surface area contributed by atoms with Crippen LogP contribution in [0.4, 0.5) is 11.8 Å². The number of ether oxygens (including phenoxy) is 2. The molecule has 3 heterocycles. The summed E-state index contributed by atoms with van der Waals surface area (Å²) in [6.07, 6.45) is 7.94. The highest BCUT2D eigenvalue weighted by atomic mass is 16.7. The maximum absolute atomic E-state index is 9.24. The number of anilines is 2. The fourth-order valence-electron chi connectivity index (χ4n) is 4.15. The van der Waals surface area contributed by atoms with Gasteiger partial charge in [0.15, 0.2) is 28.5 Å². The monoisotopic (exact) mass is 410 g/mol. The Morgan fingerprint density at radius 3 is 2.80 bits per heavy atom. The number of hydrogen-bond donors (Lipinski definition) is 3. The molecule has 0 unspecified atom stereocenters. The molecule has 0 bridgehead atoms. The van der Waals surface area contributed by atoms with Gasteiger partial charge in [-0.3, -0.25) is 0 Å². The molecule has 0 spiro atoms. The van der Waals surface area contributed by atoms with Gasteiger partial charge in [-0.05, 0) is 30.5 Å². The van der Waals surface area contributed by atoms with Crippen LogP contribution in [0, 0.1) is 0 Å². The van der Waals surface area contributed by atoms with Crippen molar-refractivity contribution in [3.8, 4) is 11.5 Å². The number of aromatic nitrogens is 4. The highest BCUT2D eigenvalue weighted by Gasteiger charge is 2.21. The third kappa shape index (κ3) is 3.72. The molecule has 0 saturated heterocycles. The van der Waals surface area contributed by atoms with E-state index in [-0.39, 0.29) is 13.4 Å². The number of nitrogens with zero attached hydrogens (tertiary/aromatic N) is 4. The maximum atomic E-state index is 9.24. The molecular weight excluding hydrogens is 384 g/mol. The summed E-state index contributed by atoms with van der Waals surface area (Å²) >= 11 is 0. The third-order valence-electron chi connectivity index (χ3n) is 5.68. The van der Waals surface area contributed by atoms with Gasteiger partial charge in [0.05, 0.1) is 12.9 Å². The Bertz CT molecular complexity index is 1030. The quantitative estimate of drug-likeness (QED) is 0.546. The van der Waals surface area contributed by atoms with Crippen LogP contribution in [-0.4, -0.2) is 44.6 Å². The topological polar surface area (TPSA) is 106 Å². The van der Waals surface area contributed by atoms with E-state index in [0.29, 0.717) is 30.9 Å². The van der Waals surface area contributed by atoms with Gasteiger partial charge in [-0.1, -0.05) is 25.3 Å². The SMILES string of the molecule is OCCNc1nc(NCc2ccc3c(c2)OCO3)nc2c1ncn2C1CCCCC1. The Balaban J connectivity index is 1.43. The van der Waals surface area contributed by atoms with E-state index in [9.17, 15) is 5.11 Å². The lowest BCUT2D eigenvalue weighted by molar-refractivity contribution is 0.174. The molecule has 3 aromatic rings. The van der Waals surface area contributed by atoms with E-state index in [2.05, 4.69) is 25.2 Å². The molecule has 2 aliphatic rings. The van der Waals surface area contributed by atoms with Crippen LogP contribution in [0.2, 0.25) is 0 Å². The summed E-state index contributed by atoms with van der Waals surface area (Å²) in [4.78, 5) is 14.0. The Morgan fingerprint density at radius 2 is 1.93 bits per heavy atom. The van der Waals surface area contributed by atoms with Gasteiger partial charge in [0.1, 0.15) is 0 Å². The molecule has 1 aliphatic heterocycles. The largest absolute Gasteiger partial charge is 0.454 e. The highest BCUT2D eigenvalue weighted by Crippen LogP contribution is 2.33. The van der Waals surface area contributed by atoms with E-state index in [0.717, 1.165) is 41.1 Å². The summed E-state index contributed by atoms with van der Waals surface area (Å²) in [6.45, 7) is 1.25. The summed E-state index contributed by atoms with van der Waals surface area (Å²) in [7, 11) is 0. The summed E-state index contributed by atoms with van der Waals surface area (Å²) < 4.78 is 13.0. The number of hydrogen-bond acceptors (Lipinski definition) is 8. The fraction of sp³-hybridized carbons (Fsp3) is 0.476. The van der Waals surface area contributed by atoms with Crippen LogP contribution in [0.3, 0.4) is 0 Å². The second kappa shape index (κ2) is 8.35. The van der Waals surface area contributed by atoms with Gasteiger partial charge in [0.25, 0.3) is 0 Å². The van der Waals surface area contributed by atoms with Crippen molar-refractivity contribution in [3.05, 3.63) is 30.1 Å². The lowest BCUT2D eigenvalue weighted by Crippen LogP contribution is -2.14. The smallest absolute Gasteiger partial charge is 0.231 e. The van der Waals surface area contributed by atoms with Crippen LogP contribution in [0.25, 0.3) is 11.2 Å². The van der Waals surface area contributed by atoms with Crippen LogP contribution < -0.4 is 20.1 Å². The number of imidazole rings is 1. The van der Waals surface area contributed by atoms with Crippen molar-refractivity contribution in [2.24, 2.45) is 0 Å². The molecule has 1 saturated carbocycles. The van der Waals surface area contributed by atoms with E-state index >= 15 is 0 Å². The Kier molecular flexibility index (Phi) is 5.27. The number of rotatable bonds is 7. The van der Waals surface area contributed by atoms with Gasteiger partial charge < -0.3 is 29.8 Å². The van der Waals surface area contributed by atoms with Crippen molar-refractivity contribution < 1.29 is 14.6 Å². The maximum Gasteiger partial charge on any atom is 0.231 e. The van der Waals surface area contributed by atoms with Crippen LogP contribution in [-0.2, 0) is 6.54 Å². The van der Waals surface area contributed by atoms with Gasteiger partial charge in [0.2, 0.25) is 12.7 Å². The van der Waals surface area contributed by atoms with E-state index in [1.54, 1.807) is 0 Å². The molecule has 0 radical (unpaired) electrons. The summed E-state index contributed by atoms with van der Waals surface area (Å²) in [5.74, 6) is 2.68. The van der Waals surface area contributed by atoms with Crippen LogP contribution in [0.15, 0.2) is 24.5 Å². The highest BCUT2D eigenvalue weighted by molar-refractivity contribution is 5.84.